The third kappa shape index (κ3) is 6.37. The van der Waals surface area contributed by atoms with Crippen LogP contribution in [0.15, 0.2) is 36.4 Å². The molecule has 1 aliphatic carbocycles. The van der Waals surface area contributed by atoms with Crippen molar-refractivity contribution in [3.63, 3.8) is 0 Å². The lowest BCUT2D eigenvalue weighted by Crippen LogP contribution is -2.36. The maximum Gasteiger partial charge on any atom is 0.270 e. The van der Waals surface area contributed by atoms with Crippen molar-refractivity contribution in [3.05, 3.63) is 57.6 Å². The Morgan fingerprint density at radius 2 is 1.85 bits per heavy atom. The molecule has 0 atom stereocenters. The first-order valence-electron chi connectivity index (χ1n) is 11.3. The molecule has 2 aromatic carbocycles. The van der Waals surface area contributed by atoms with Crippen molar-refractivity contribution < 1.29 is 24.0 Å². The average Bonchev–Trinajstić information content (AvgIpc) is 2.84. The van der Waals surface area contributed by atoms with Gasteiger partial charge in [0.2, 0.25) is 6.41 Å². The van der Waals surface area contributed by atoms with Crippen molar-refractivity contribution in [2.45, 2.75) is 51.2 Å². The number of nitro groups is 1. The van der Waals surface area contributed by atoms with E-state index in [0.29, 0.717) is 23.8 Å². The number of ether oxygens (including phenoxy) is 2. The summed E-state index contributed by atoms with van der Waals surface area (Å²) < 4.78 is 10.9. The number of non-ortho nitro benzene ring substituents is 1. The van der Waals surface area contributed by atoms with Gasteiger partial charge >= 0.3 is 0 Å². The molecule has 0 radical (unpaired) electrons. The summed E-state index contributed by atoms with van der Waals surface area (Å²) in [6.07, 6.45) is 4.00. The molecule has 0 saturated heterocycles. The minimum atomic E-state index is -0.520. The van der Waals surface area contributed by atoms with Gasteiger partial charge in [-0.3, -0.25) is 19.7 Å². The smallest absolute Gasteiger partial charge is 0.270 e. The van der Waals surface area contributed by atoms with Crippen LogP contribution in [0, 0.1) is 10.1 Å². The summed E-state index contributed by atoms with van der Waals surface area (Å²) in [7, 11) is 1.55. The Morgan fingerprint density at radius 3 is 2.50 bits per heavy atom. The first-order chi connectivity index (χ1) is 16.4. The molecule has 0 bridgehead atoms. The van der Waals surface area contributed by atoms with Crippen molar-refractivity contribution >= 4 is 23.7 Å². The molecule has 10 heteroatoms. The molecule has 2 amide bonds. The first kappa shape index (κ1) is 24.8. The summed E-state index contributed by atoms with van der Waals surface area (Å²) in [5.41, 5.74) is 1.39. The number of nitrogens with one attached hydrogen (secondary N) is 3. The van der Waals surface area contributed by atoms with Gasteiger partial charge in [-0.2, -0.15) is 0 Å². The Bertz CT molecular complexity index is 1020. The summed E-state index contributed by atoms with van der Waals surface area (Å²) in [6, 6.07) is 9.89. The lowest BCUT2D eigenvalue weighted by molar-refractivity contribution is -0.384. The Balaban J connectivity index is 1.72. The summed E-state index contributed by atoms with van der Waals surface area (Å²) in [5.74, 6) is 0.754. The second-order valence-corrected chi connectivity index (χ2v) is 8.07. The monoisotopic (exact) mass is 470 g/mol. The lowest BCUT2D eigenvalue weighted by Gasteiger charge is -2.29. The van der Waals surface area contributed by atoms with Gasteiger partial charge in [-0.05, 0) is 56.4 Å². The molecule has 0 unspecified atom stereocenters. The molecule has 3 N–H and O–H groups in total. The third-order valence-corrected chi connectivity index (χ3v) is 5.83. The molecule has 0 spiro atoms. The van der Waals surface area contributed by atoms with Gasteiger partial charge < -0.3 is 25.4 Å². The number of carbonyl (C=O) groups excluding carboxylic acids is 2. The second-order valence-electron chi connectivity index (χ2n) is 8.07. The number of anilines is 1. The van der Waals surface area contributed by atoms with E-state index in [1.54, 1.807) is 25.3 Å². The van der Waals surface area contributed by atoms with E-state index in [1.165, 1.54) is 12.1 Å². The van der Waals surface area contributed by atoms with E-state index in [-0.39, 0.29) is 29.9 Å². The van der Waals surface area contributed by atoms with Crippen molar-refractivity contribution in [1.82, 2.24) is 10.6 Å². The zero-order chi connectivity index (χ0) is 24.5. The van der Waals surface area contributed by atoms with Crippen LogP contribution in [0.2, 0.25) is 0 Å². The molecular weight excluding hydrogens is 440 g/mol. The number of hydrogen-bond acceptors (Lipinski definition) is 7. The van der Waals surface area contributed by atoms with E-state index in [2.05, 4.69) is 16.0 Å². The molecule has 182 valence electrons. The maximum absolute atomic E-state index is 13.0. The minimum Gasteiger partial charge on any atom is -0.493 e. The van der Waals surface area contributed by atoms with E-state index >= 15 is 0 Å². The van der Waals surface area contributed by atoms with Gasteiger partial charge in [-0.1, -0.05) is 6.07 Å². The predicted molar refractivity (Wildman–Crippen MR) is 127 cm³/mol. The molecular formula is C24H30N4O6. The quantitative estimate of drug-likeness (QED) is 0.260. The number of amides is 2. The van der Waals surface area contributed by atoms with E-state index in [4.69, 9.17) is 9.47 Å². The van der Waals surface area contributed by atoms with E-state index in [9.17, 15) is 19.7 Å². The van der Waals surface area contributed by atoms with Crippen LogP contribution < -0.4 is 25.4 Å². The number of methoxy groups -OCH3 is 1. The van der Waals surface area contributed by atoms with E-state index in [0.717, 1.165) is 37.7 Å². The number of carbonyl (C=O) groups is 2. The van der Waals surface area contributed by atoms with Crippen LogP contribution in [0.1, 0.15) is 48.5 Å². The Kier molecular flexibility index (Phi) is 8.66. The summed E-state index contributed by atoms with van der Waals surface area (Å²) in [6.45, 7) is 2.60. The van der Waals surface area contributed by atoms with Crippen LogP contribution in [0.25, 0.3) is 0 Å². The van der Waals surface area contributed by atoms with Gasteiger partial charge in [0.25, 0.3) is 11.6 Å². The van der Waals surface area contributed by atoms with E-state index in [1.807, 2.05) is 13.0 Å². The van der Waals surface area contributed by atoms with Gasteiger partial charge in [-0.15, -0.1) is 0 Å². The Hall–Kier alpha value is -3.82. The zero-order valence-electron chi connectivity index (χ0n) is 19.3. The maximum atomic E-state index is 13.0. The van der Waals surface area contributed by atoms with Gasteiger partial charge in [0, 0.05) is 36.4 Å². The summed E-state index contributed by atoms with van der Waals surface area (Å²) in [5, 5.41) is 20.3. The fourth-order valence-corrected chi connectivity index (χ4v) is 4.05. The second kappa shape index (κ2) is 11.9. The topological polar surface area (TPSA) is 132 Å². The third-order valence-electron chi connectivity index (χ3n) is 5.83. The number of benzene rings is 2. The molecule has 1 saturated carbocycles. The highest BCUT2D eigenvalue weighted by Crippen LogP contribution is 2.29. The fraction of sp³-hybridized carbons (Fsp3) is 0.417. The van der Waals surface area contributed by atoms with Gasteiger partial charge in [-0.25, -0.2) is 0 Å². The Morgan fingerprint density at radius 1 is 1.12 bits per heavy atom. The number of nitrogens with zero attached hydrogens (tertiary/aromatic N) is 1. The molecule has 0 aliphatic heterocycles. The Labute approximate surface area is 198 Å². The average molecular weight is 471 g/mol. The normalized spacial score (nSPS) is 17.4. The predicted octanol–water partition coefficient (Wildman–Crippen LogP) is 3.40. The van der Waals surface area contributed by atoms with Crippen molar-refractivity contribution in [1.29, 1.82) is 0 Å². The zero-order valence-corrected chi connectivity index (χ0v) is 19.3. The minimum absolute atomic E-state index is 0.105. The van der Waals surface area contributed by atoms with Crippen LogP contribution in [0.3, 0.4) is 0 Å². The molecule has 3 rings (SSSR count). The van der Waals surface area contributed by atoms with Crippen LogP contribution >= 0.6 is 0 Å². The molecule has 2 aromatic rings. The molecule has 1 aliphatic rings. The largest absolute Gasteiger partial charge is 0.493 e. The SMILES string of the molecule is CCOc1ccc(CNC(=O)c2cc([N+](=O)[O-])ccc2NC2CCC(NC=O)CC2)cc1OC. The van der Waals surface area contributed by atoms with E-state index < -0.39 is 10.8 Å². The fourth-order valence-electron chi connectivity index (χ4n) is 4.05. The van der Waals surface area contributed by atoms with Gasteiger partial charge in [0.05, 0.1) is 24.2 Å². The van der Waals surface area contributed by atoms with Crippen LogP contribution in [0.5, 0.6) is 11.5 Å². The number of rotatable bonds is 11. The van der Waals surface area contributed by atoms with Crippen molar-refractivity contribution in [2.24, 2.45) is 0 Å². The summed E-state index contributed by atoms with van der Waals surface area (Å²) in [4.78, 5) is 34.5. The highest BCUT2D eigenvalue weighted by atomic mass is 16.6. The summed E-state index contributed by atoms with van der Waals surface area (Å²) >= 11 is 0. The van der Waals surface area contributed by atoms with Crippen molar-refractivity contribution in [2.75, 3.05) is 19.0 Å². The number of hydrogen-bond donors (Lipinski definition) is 3. The molecule has 1 fully saturated rings. The van der Waals surface area contributed by atoms with Crippen LogP contribution in [0.4, 0.5) is 11.4 Å². The van der Waals surface area contributed by atoms with Crippen LogP contribution in [-0.2, 0) is 11.3 Å². The molecule has 34 heavy (non-hydrogen) atoms. The molecule has 0 aromatic heterocycles. The highest BCUT2D eigenvalue weighted by Gasteiger charge is 2.23. The molecule has 10 nitrogen and oxygen atoms in total. The van der Waals surface area contributed by atoms with Gasteiger partial charge in [0.1, 0.15) is 0 Å². The lowest BCUT2D eigenvalue weighted by atomic mass is 9.91. The highest BCUT2D eigenvalue weighted by molar-refractivity contribution is 6.00. The van der Waals surface area contributed by atoms with Crippen LogP contribution in [-0.4, -0.2) is 43.0 Å². The van der Waals surface area contributed by atoms with Crippen molar-refractivity contribution in [3.8, 4) is 11.5 Å². The number of nitro benzene ring substituents is 1. The van der Waals surface area contributed by atoms with Gasteiger partial charge in [0.15, 0.2) is 11.5 Å². The first-order valence-corrected chi connectivity index (χ1v) is 11.3. The standard InChI is InChI=1S/C24H30N4O6/c1-3-34-22-11-4-16(12-23(22)33-2)14-25-24(30)20-13-19(28(31)32)9-10-21(20)27-18-7-5-17(6-8-18)26-15-29/h4,9-13,15,17-18,27H,3,5-8,14H2,1-2H3,(H,25,30)(H,26,29). The molecule has 0 heterocycles.